The molecule has 52 heavy (non-hydrogen) atoms. The summed E-state index contributed by atoms with van der Waals surface area (Å²) in [6.07, 6.45) is -0.410. The molecule has 0 unspecified atom stereocenters. The van der Waals surface area contributed by atoms with Crippen LogP contribution in [0.1, 0.15) is 62.0 Å². The molecule has 3 aromatic rings. The summed E-state index contributed by atoms with van der Waals surface area (Å²) < 4.78 is 48.8. The molecule has 1 saturated carbocycles. The van der Waals surface area contributed by atoms with Crippen molar-refractivity contribution in [3.05, 3.63) is 98.7 Å². The minimum absolute atomic E-state index is 0.0510. The van der Waals surface area contributed by atoms with E-state index in [-0.39, 0.29) is 62.5 Å². The fourth-order valence-corrected chi connectivity index (χ4v) is 8.09. The van der Waals surface area contributed by atoms with E-state index in [1.807, 2.05) is 20.8 Å². The summed E-state index contributed by atoms with van der Waals surface area (Å²) in [5.74, 6) is -4.43. The number of fused-ring (bicyclic) bond motifs is 1. The highest BCUT2D eigenvalue weighted by atomic mass is 35.5. The number of benzene rings is 3. The van der Waals surface area contributed by atoms with Crippen LogP contribution in [0.4, 0.5) is 14.5 Å². The van der Waals surface area contributed by atoms with Gasteiger partial charge in [-0.1, -0.05) is 62.2 Å². The predicted molar refractivity (Wildman–Crippen MR) is 191 cm³/mol. The molecule has 2 aliphatic heterocycles. The Balaban J connectivity index is 1.73. The van der Waals surface area contributed by atoms with Gasteiger partial charge in [0.05, 0.1) is 55.1 Å². The lowest BCUT2D eigenvalue weighted by Gasteiger charge is -2.43. The molecule has 0 spiro atoms. The highest BCUT2D eigenvalue weighted by molar-refractivity contribution is 6.31. The molecule has 1 saturated heterocycles. The monoisotopic (exact) mass is 751 g/mol. The van der Waals surface area contributed by atoms with Gasteiger partial charge in [0, 0.05) is 27.6 Å². The highest BCUT2D eigenvalue weighted by Gasteiger charge is 2.68. The highest BCUT2D eigenvalue weighted by Crippen LogP contribution is 2.62. The molecular formula is C39H37Cl2F2N3O6. The lowest BCUT2D eigenvalue weighted by Crippen LogP contribution is -2.53. The summed E-state index contributed by atoms with van der Waals surface area (Å²) >= 11 is 12.6. The molecule has 1 amide bonds. The first kappa shape index (κ1) is 37.1. The van der Waals surface area contributed by atoms with Gasteiger partial charge in [-0.2, -0.15) is 5.26 Å². The summed E-state index contributed by atoms with van der Waals surface area (Å²) in [6, 6.07) is 14.0. The number of carbonyl (C=O) groups is 3. The maximum absolute atomic E-state index is 16.4. The van der Waals surface area contributed by atoms with Crippen LogP contribution in [0.2, 0.25) is 10.0 Å². The van der Waals surface area contributed by atoms with Crippen LogP contribution in [-0.4, -0.2) is 55.8 Å². The smallest absolute Gasteiger partial charge is 0.337 e. The first-order valence-corrected chi connectivity index (χ1v) is 17.5. The Kier molecular flexibility index (Phi) is 9.79. The van der Waals surface area contributed by atoms with Crippen molar-refractivity contribution in [1.29, 1.82) is 5.26 Å². The van der Waals surface area contributed by atoms with E-state index in [2.05, 4.69) is 6.07 Å². The van der Waals surface area contributed by atoms with Crippen molar-refractivity contribution in [1.82, 2.24) is 4.90 Å². The number of hydrogen-bond acceptors (Lipinski definition) is 8. The summed E-state index contributed by atoms with van der Waals surface area (Å²) in [7, 11) is 2.62. The molecular weight excluding hydrogens is 715 g/mol. The SMILES string of the molecule is CCOC(=O)[C@@H]1C[C@H]1[C@@H]1N(c2ccc(C(=O)OC)cc2OC)C(=O)C2=C(c3cccc(Cl)c3F)[C@@](C#N)(c3ccc(Cl)cc3F)[C@H](CC(C)(C)C)N21. The van der Waals surface area contributed by atoms with Crippen LogP contribution < -0.4 is 9.64 Å². The van der Waals surface area contributed by atoms with E-state index in [1.165, 1.54) is 67.7 Å². The van der Waals surface area contributed by atoms with Crippen molar-refractivity contribution in [3.8, 4) is 11.8 Å². The number of methoxy groups -OCH3 is 2. The predicted octanol–water partition coefficient (Wildman–Crippen LogP) is 7.93. The Labute approximate surface area is 310 Å². The number of halogens is 4. The number of nitrogens with zero attached hydrogens (tertiary/aromatic N) is 3. The van der Waals surface area contributed by atoms with Gasteiger partial charge in [0.25, 0.3) is 5.91 Å². The lowest BCUT2D eigenvalue weighted by atomic mass is 9.65. The van der Waals surface area contributed by atoms with E-state index >= 15 is 13.6 Å². The van der Waals surface area contributed by atoms with Crippen molar-refractivity contribution in [2.75, 3.05) is 25.7 Å². The number of hydrogen-bond donors (Lipinski definition) is 0. The van der Waals surface area contributed by atoms with Crippen molar-refractivity contribution < 1.29 is 37.4 Å². The van der Waals surface area contributed by atoms with E-state index < -0.39 is 64.4 Å². The van der Waals surface area contributed by atoms with Gasteiger partial charge in [-0.25, -0.2) is 13.6 Å². The van der Waals surface area contributed by atoms with E-state index in [1.54, 1.807) is 11.8 Å². The summed E-state index contributed by atoms with van der Waals surface area (Å²) in [6.45, 7) is 7.68. The maximum atomic E-state index is 16.4. The Bertz CT molecular complexity index is 2060. The number of esters is 2. The van der Waals surface area contributed by atoms with Crippen molar-refractivity contribution in [3.63, 3.8) is 0 Å². The van der Waals surface area contributed by atoms with Crippen LogP contribution in [0.3, 0.4) is 0 Å². The Morgan fingerprint density at radius 1 is 1.08 bits per heavy atom. The van der Waals surface area contributed by atoms with Crippen LogP contribution in [0.15, 0.2) is 60.3 Å². The second kappa shape index (κ2) is 13.7. The molecule has 5 atom stereocenters. The number of amides is 1. The molecule has 272 valence electrons. The van der Waals surface area contributed by atoms with E-state index in [0.717, 1.165) is 6.07 Å². The average molecular weight is 753 g/mol. The van der Waals surface area contributed by atoms with Crippen LogP contribution in [0, 0.1) is 40.2 Å². The van der Waals surface area contributed by atoms with Crippen LogP contribution >= 0.6 is 23.2 Å². The van der Waals surface area contributed by atoms with Crippen molar-refractivity contribution in [2.24, 2.45) is 17.3 Å². The maximum Gasteiger partial charge on any atom is 0.337 e. The molecule has 2 heterocycles. The second-order valence-corrected chi connectivity index (χ2v) is 15.1. The van der Waals surface area contributed by atoms with Gasteiger partial charge < -0.3 is 19.1 Å². The molecule has 0 aromatic heterocycles. The van der Waals surface area contributed by atoms with Gasteiger partial charge >= 0.3 is 11.9 Å². The van der Waals surface area contributed by atoms with Gasteiger partial charge in [-0.3, -0.25) is 14.5 Å². The summed E-state index contributed by atoms with van der Waals surface area (Å²) in [4.78, 5) is 44.2. The minimum atomic E-state index is -1.98. The molecule has 6 rings (SSSR count). The molecule has 9 nitrogen and oxygen atoms in total. The molecule has 3 aliphatic rings. The third kappa shape index (κ3) is 5.96. The van der Waals surface area contributed by atoms with E-state index in [4.69, 9.17) is 37.4 Å². The van der Waals surface area contributed by atoms with Gasteiger partial charge in [0.2, 0.25) is 0 Å². The number of rotatable bonds is 9. The van der Waals surface area contributed by atoms with E-state index in [9.17, 15) is 14.9 Å². The summed E-state index contributed by atoms with van der Waals surface area (Å²) in [5.41, 5.74) is -2.46. The van der Waals surface area contributed by atoms with Crippen molar-refractivity contribution in [2.45, 2.75) is 58.2 Å². The molecule has 0 N–H and O–H groups in total. The molecule has 1 aliphatic carbocycles. The first-order chi connectivity index (χ1) is 24.6. The van der Waals surface area contributed by atoms with Gasteiger partial charge in [-0.05, 0) is 61.6 Å². The third-order valence-electron chi connectivity index (χ3n) is 9.93. The summed E-state index contributed by atoms with van der Waals surface area (Å²) in [5, 5.41) is 11.3. The lowest BCUT2D eigenvalue weighted by molar-refractivity contribution is -0.145. The Hall–Kier alpha value is -4.66. The molecule has 0 bridgehead atoms. The van der Waals surface area contributed by atoms with Crippen LogP contribution in [0.25, 0.3) is 5.57 Å². The zero-order valence-electron chi connectivity index (χ0n) is 29.4. The topological polar surface area (TPSA) is 109 Å². The Morgan fingerprint density at radius 3 is 2.42 bits per heavy atom. The zero-order valence-corrected chi connectivity index (χ0v) is 30.9. The fraction of sp³-hybridized carbons (Fsp3) is 0.385. The minimum Gasteiger partial charge on any atom is -0.495 e. The normalized spacial score (nSPS) is 23.8. The number of nitriles is 1. The van der Waals surface area contributed by atoms with Gasteiger partial charge in [0.15, 0.2) is 0 Å². The van der Waals surface area contributed by atoms with E-state index in [0.29, 0.717) is 6.42 Å². The zero-order chi connectivity index (χ0) is 37.9. The largest absolute Gasteiger partial charge is 0.495 e. The number of ether oxygens (including phenoxy) is 3. The second-order valence-electron chi connectivity index (χ2n) is 14.3. The van der Waals surface area contributed by atoms with Crippen molar-refractivity contribution >= 4 is 52.3 Å². The third-order valence-corrected chi connectivity index (χ3v) is 10.5. The van der Waals surface area contributed by atoms with Gasteiger partial charge in [-0.15, -0.1) is 0 Å². The first-order valence-electron chi connectivity index (χ1n) is 16.8. The fourth-order valence-electron chi connectivity index (χ4n) is 7.76. The Morgan fingerprint density at radius 2 is 1.81 bits per heavy atom. The molecule has 13 heteroatoms. The average Bonchev–Trinajstić information content (AvgIpc) is 3.78. The van der Waals surface area contributed by atoms with Crippen LogP contribution in [0.5, 0.6) is 5.75 Å². The standard InChI is InChI=1S/C39H37Cl2F2N3O6/c1-7-52-37(49)24-17-23(24)34-45(28-14-11-20(36(48)51-6)15-29(28)50-5)35(47)33-31(22-9-8-10-26(41)32(22)43)39(19-44,25-13-12-21(40)16-27(25)42)30(46(33)34)18-38(2,3)4/h8-16,23-24,30,34H,7,17-18H2,1-6H3/t23-,24-,30+,34-,39+/m1/s1. The van der Waals surface area contributed by atoms with Gasteiger partial charge in [0.1, 0.15) is 34.7 Å². The van der Waals surface area contributed by atoms with Crippen LogP contribution in [-0.2, 0) is 24.5 Å². The quantitative estimate of drug-likeness (QED) is 0.203. The molecule has 0 radical (unpaired) electrons. The number of anilines is 1. The molecule has 3 aromatic carbocycles. The number of carbonyl (C=O) groups excluding carboxylic acids is 3. The molecule has 2 fully saturated rings.